The van der Waals surface area contributed by atoms with Crippen LogP contribution in [-0.2, 0) is 4.74 Å². The molecule has 0 heterocycles. The summed E-state index contributed by atoms with van der Waals surface area (Å²) in [5.74, 6) is -0.312. The van der Waals surface area contributed by atoms with Crippen LogP contribution >= 0.6 is 0 Å². The Hall–Kier alpha value is -2.09. The third-order valence-corrected chi connectivity index (χ3v) is 2.76. The maximum atomic E-state index is 12.2. The van der Waals surface area contributed by atoms with Crippen LogP contribution in [0.25, 0.3) is 16.8 Å². The number of esters is 1. The smallest absolute Gasteiger partial charge is 0.339 e. The third-order valence-electron chi connectivity index (χ3n) is 2.76. The molecule has 2 rings (SSSR count). The van der Waals surface area contributed by atoms with Gasteiger partial charge < -0.3 is 4.74 Å². The van der Waals surface area contributed by atoms with E-state index in [2.05, 4.69) is 6.58 Å². The monoisotopic (exact) mass is 254 g/mol. The standard InChI is InChI=1S/C17H18O2/c1-5-12-10-13-8-6-7-9-14(13)11-15(12)16(18)19-17(2,3)4/h5-11H,1H2,2-4H3. The fourth-order valence-electron chi connectivity index (χ4n) is 1.94. The number of carbonyl (C=O) groups excluding carboxylic acids is 1. The highest BCUT2D eigenvalue weighted by atomic mass is 16.6. The van der Waals surface area contributed by atoms with E-state index >= 15 is 0 Å². The molecule has 2 aromatic carbocycles. The summed E-state index contributed by atoms with van der Waals surface area (Å²) < 4.78 is 5.43. The summed E-state index contributed by atoms with van der Waals surface area (Å²) in [6, 6.07) is 11.7. The number of carbonyl (C=O) groups is 1. The number of hydrogen-bond donors (Lipinski definition) is 0. The van der Waals surface area contributed by atoms with E-state index in [-0.39, 0.29) is 5.97 Å². The number of fused-ring (bicyclic) bond motifs is 1. The second-order valence-electron chi connectivity index (χ2n) is 5.49. The molecular weight excluding hydrogens is 236 g/mol. The minimum absolute atomic E-state index is 0.312. The Labute approximate surface area is 113 Å². The van der Waals surface area contributed by atoms with Crippen LogP contribution < -0.4 is 0 Å². The van der Waals surface area contributed by atoms with Gasteiger partial charge in [0.15, 0.2) is 0 Å². The molecule has 19 heavy (non-hydrogen) atoms. The van der Waals surface area contributed by atoms with Gasteiger partial charge in [0, 0.05) is 0 Å². The highest BCUT2D eigenvalue weighted by Crippen LogP contribution is 2.23. The lowest BCUT2D eigenvalue weighted by Gasteiger charge is -2.20. The molecule has 2 aromatic rings. The van der Waals surface area contributed by atoms with E-state index in [1.54, 1.807) is 6.08 Å². The van der Waals surface area contributed by atoms with Gasteiger partial charge in [-0.25, -0.2) is 4.79 Å². The van der Waals surface area contributed by atoms with Gasteiger partial charge in [-0.15, -0.1) is 0 Å². The second-order valence-corrected chi connectivity index (χ2v) is 5.49. The molecule has 0 amide bonds. The maximum absolute atomic E-state index is 12.2. The van der Waals surface area contributed by atoms with Crippen molar-refractivity contribution < 1.29 is 9.53 Å². The highest BCUT2D eigenvalue weighted by Gasteiger charge is 2.20. The van der Waals surface area contributed by atoms with E-state index in [0.29, 0.717) is 5.56 Å². The molecule has 2 heteroatoms. The van der Waals surface area contributed by atoms with Gasteiger partial charge >= 0.3 is 5.97 Å². The SMILES string of the molecule is C=Cc1cc2ccccc2cc1C(=O)OC(C)(C)C. The zero-order valence-electron chi connectivity index (χ0n) is 11.6. The number of ether oxygens (including phenoxy) is 1. The van der Waals surface area contributed by atoms with Crippen molar-refractivity contribution in [3.8, 4) is 0 Å². The van der Waals surface area contributed by atoms with Crippen molar-refractivity contribution >= 4 is 22.8 Å². The largest absolute Gasteiger partial charge is 0.456 e. The molecule has 0 aliphatic carbocycles. The van der Waals surface area contributed by atoms with Gasteiger partial charge in [-0.3, -0.25) is 0 Å². The average molecular weight is 254 g/mol. The molecule has 0 saturated heterocycles. The van der Waals surface area contributed by atoms with Gasteiger partial charge in [0.05, 0.1) is 5.56 Å². The zero-order chi connectivity index (χ0) is 14.0. The molecule has 0 fully saturated rings. The zero-order valence-corrected chi connectivity index (χ0v) is 11.6. The first-order valence-corrected chi connectivity index (χ1v) is 6.29. The van der Waals surface area contributed by atoms with Crippen molar-refractivity contribution in [1.29, 1.82) is 0 Å². The average Bonchev–Trinajstić information content (AvgIpc) is 2.35. The van der Waals surface area contributed by atoms with Crippen molar-refractivity contribution in [2.24, 2.45) is 0 Å². The molecule has 0 saturated carbocycles. The van der Waals surface area contributed by atoms with Gasteiger partial charge in [0.2, 0.25) is 0 Å². The number of hydrogen-bond acceptors (Lipinski definition) is 2. The van der Waals surface area contributed by atoms with Gasteiger partial charge in [-0.05, 0) is 49.2 Å². The lowest BCUT2D eigenvalue weighted by Crippen LogP contribution is -2.24. The predicted molar refractivity (Wildman–Crippen MR) is 79.2 cm³/mol. The van der Waals surface area contributed by atoms with Crippen molar-refractivity contribution in [1.82, 2.24) is 0 Å². The minimum Gasteiger partial charge on any atom is -0.456 e. The summed E-state index contributed by atoms with van der Waals surface area (Å²) in [5.41, 5.74) is 0.859. The van der Waals surface area contributed by atoms with Crippen molar-refractivity contribution in [3.05, 3.63) is 54.1 Å². The van der Waals surface area contributed by atoms with Crippen LogP contribution in [0.2, 0.25) is 0 Å². The molecule has 0 aliphatic heterocycles. The van der Waals surface area contributed by atoms with E-state index in [4.69, 9.17) is 4.74 Å². The van der Waals surface area contributed by atoms with Crippen molar-refractivity contribution in [3.63, 3.8) is 0 Å². The van der Waals surface area contributed by atoms with Crippen molar-refractivity contribution in [2.45, 2.75) is 26.4 Å². The Kier molecular flexibility index (Phi) is 3.43. The summed E-state index contributed by atoms with van der Waals surface area (Å²) in [6.45, 7) is 9.35. The Morgan fingerprint density at radius 3 is 2.26 bits per heavy atom. The molecule has 0 atom stereocenters. The summed E-state index contributed by atoms with van der Waals surface area (Å²) in [5, 5.41) is 2.11. The summed E-state index contributed by atoms with van der Waals surface area (Å²) in [4.78, 5) is 12.2. The summed E-state index contributed by atoms with van der Waals surface area (Å²) in [7, 11) is 0. The van der Waals surface area contributed by atoms with Crippen LogP contribution in [0.15, 0.2) is 43.0 Å². The normalized spacial score (nSPS) is 11.3. The molecule has 98 valence electrons. The Morgan fingerprint density at radius 2 is 1.74 bits per heavy atom. The van der Waals surface area contributed by atoms with Crippen LogP contribution in [-0.4, -0.2) is 11.6 Å². The van der Waals surface area contributed by atoms with E-state index in [9.17, 15) is 4.79 Å². The molecule has 0 aliphatic rings. The fourth-order valence-corrected chi connectivity index (χ4v) is 1.94. The highest BCUT2D eigenvalue weighted by molar-refractivity contribution is 5.99. The van der Waals surface area contributed by atoms with Crippen LogP contribution in [0.5, 0.6) is 0 Å². The molecule has 0 spiro atoms. The first kappa shape index (κ1) is 13.3. The lowest BCUT2D eigenvalue weighted by atomic mass is 10.0. The first-order valence-electron chi connectivity index (χ1n) is 6.29. The third kappa shape index (κ3) is 3.02. The van der Waals surface area contributed by atoms with E-state index < -0.39 is 5.60 Å². The molecule has 2 nitrogen and oxygen atoms in total. The molecule has 0 N–H and O–H groups in total. The molecular formula is C17H18O2. The summed E-state index contributed by atoms with van der Waals surface area (Å²) >= 11 is 0. The van der Waals surface area contributed by atoms with Gasteiger partial charge in [0.1, 0.15) is 5.60 Å². The number of benzene rings is 2. The lowest BCUT2D eigenvalue weighted by molar-refractivity contribution is 0.00695. The molecule has 0 radical (unpaired) electrons. The Bertz CT molecular complexity index is 633. The van der Waals surface area contributed by atoms with Crippen molar-refractivity contribution in [2.75, 3.05) is 0 Å². The predicted octanol–water partition coefficient (Wildman–Crippen LogP) is 4.44. The first-order chi connectivity index (χ1) is 8.90. The van der Waals surface area contributed by atoms with E-state index in [0.717, 1.165) is 16.3 Å². The van der Waals surface area contributed by atoms with E-state index in [1.165, 1.54) is 0 Å². The summed E-state index contributed by atoms with van der Waals surface area (Å²) in [6.07, 6.45) is 1.69. The second kappa shape index (κ2) is 4.88. The molecule has 0 bridgehead atoms. The molecule has 0 aromatic heterocycles. The Morgan fingerprint density at radius 1 is 1.16 bits per heavy atom. The van der Waals surface area contributed by atoms with Crippen LogP contribution in [0, 0.1) is 0 Å². The van der Waals surface area contributed by atoms with Crippen LogP contribution in [0.4, 0.5) is 0 Å². The van der Waals surface area contributed by atoms with Crippen LogP contribution in [0.3, 0.4) is 0 Å². The topological polar surface area (TPSA) is 26.3 Å². The number of rotatable bonds is 2. The van der Waals surface area contributed by atoms with Gasteiger partial charge in [0.25, 0.3) is 0 Å². The minimum atomic E-state index is -0.499. The Balaban J connectivity index is 2.52. The molecule has 0 unspecified atom stereocenters. The van der Waals surface area contributed by atoms with Gasteiger partial charge in [-0.2, -0.15) is 0 Å². The van der Waals surface area contributed by atoms with E-state index in [1.807, 2.05) is 57.2 Å². The fraction of sp³-hybridized carbons (Fsp3) is 0.235. The maximum Gasteiger partial charge on any atom is 0.339 e. The van der Waals surface area contributed by atoms with Gasteiger partial charge in [-0.1, -0.05) is 36.9 Å². The van der Waals surface area contributed by atoms with Crippen LogP contribution in [0.1, 0.15) is 36.7 Å². The quantitative estimate of drug-likeness (QED) is 0.741.